The first kappa shape index (κ1) is 16.9. The lowest BCUT2D eigenvalue weighted by molar-refractivity contribution is -0.122. The summed E-state index contributed by atoms with van der Waals surface area (Å²) >= 11 is 0. The first-order valence-corrected chi connectivity index (χ1v) is 7.13. The Labute approximate surface area is 139 Å². The van der Waals surface area contributed by atoms with Crippen molar-refractivity contribution in [3.8, 4) is 23.6 Å². The van der Waals surface area contributed by atoms with E-state index in [0.717, 1.165) is 0 Å². The van der Waals surface area contributed by atoms with Crippen LogP contribution in [0.4, 0.5) is 5.69 Å². The summed E-state index contributed by atoms with van der Waals surface area (Å²) in [6.07, 6.45) is -0.821. The van der Waals surface area contributed by atoms with Crippen LogP contribution >= 0.6 is 0 Å². The fourth-order valence-corrected chi connectivity index (χ4v) is 2.00. The van der Waals surface area contributed by atoms with Crippen molar-refractivity contribution in [1.82, 2.24) is 0 Å². The van der Waals surface area contributed by atoms with Crippen LogP contribution in [0.3, 0.4) is 0 Å². The lowest BCUT2D eigenvalue weighted by atomic mass is 10.2. The van der Waals surface area contributed by atoms with E-state index >= 15 is 0 Å². The minimum Gasteiger partial charge on any atom is -0.493 e. The van der Waals surface area contributed by atoms with Crippen LogP contribution in [0.5, 0.6) is 11.5 Å². The number of benzene rings is 2. The maximum absolute atomic E-state index is 12.3. The third-order valence-corrected chi connectivity index (χ3v) is 3.27. The highest BCUT2D eigenvalue weighted by Gasteiger charge is 2.18. The average molecular weight is 321 g/mol. The molecule has 2 rings (SSSR count). The maximum Gasteiger partial charge on any atom is 0.265 e. The lowest BCUT2D eigenvalue weighted by Crippen LogP contribution is -2.30. The predicted molar refractivity (Wildman–Crippen MR) is 87.6 cm³/mol. The van der Waals surface area contributed by atoms with Gasteiger partial charge in [0.2, 0.25) is 0 Å². The third-order valence-electron chi connectivity index (χ3n) is 3.27. The molecule has 0 aliphatic heterocycles. The smallest absolute Gasteiger partial charge is 0.265 e. The van der Waals surface area contributed by atoms with Gasteiger partial charge in [-0.05, 0) is 31.2 Å². The maximum atomic E-state index is 12.3. The second kappa shape index (κ2) is 7.66. The van der Waals surface area contributed by atoms with Gasteiger partial charge in [-0.1, -0.05) is 12.1 Å². The van der Waals surface area contributed by atoms with E-state index in [1.807, 2.05) is 12.1 Å². The summed E-state index contributed by atoms with van der Waals surface area (Å²) in [6.45, 7) is 1.59. The van der Waals surface area contributed by atoms with Crippen molar-refractivity contribution in [1.29, 1.82) is 10.5 Å². The molecule has 1 N–H and O–H groups in total. The molecule has 0 bridgehead atoms. The average Bonchev–Trinajstić information content (AvgIpc) is 2.62. The predicted octanol–water partition coefficient (Wildman–Crippen LogP) is 2.84. The van der Waals surface area contributed by atoms with Gasteiger partial charge in [-0.15, -0.1) is 0 Å². The Morgan fingerprint density at radius 3 is 2.54 bits per heavy atom. The molecule has 6 nitrogen and oxygen atoms in total. The molecule has 2 aromatic carbocycles. The van der Waals surface area contributed by atoms with E-state index in [2.05, 4.69) is 5.32 Å². The second-order valence-corrected chi connectivity index (χ2v) is 4.88. The first-order chi connectivity index (χ1) is 11.6. The molecule has 0 unspecified atom stereocenters. The van der Waals surface area contributed by atoms with Crippen LogP contribution in [0.25, 0.3) is 0 Å². The van der Waals surface area contributed by atoms with E-state index in [1.54, 1.807) is 43.3 Å². The molecule has 0 fully saturated rings. The molecule has 6 heteroatoms. The number of ether oxygens (including phenoxy) is 2. The number of carbonyl (C=O) groups excluding carboxylic acids is 1. The van der Waals surface area contributed by atoms with Crippen molar-refractivity contribution in [3.05, 3.63) is 53.6 Å². The standard InChI is InChI=1S/C18H15N3O3/c1-12(18(22)21-15-6-4-3-5-14(15)11-20)24-16-8-7-13(10-19)9-17(16)23-2/h3-9,12H,1-2H3,(H,21,22)/t12-/m0/s1. The van der Waals surface area contributed by atoms with Gasteiger partial charge in [0, 0.05) is 6.07 Å². The molecule has 120 valence electrons. The fourth-order valence-electron chi connectivity index (χ4n) is 2.00. The van der Waals surface area contributed by atoms with Gasteiger partial charge < -0.3 is 14.8 Å². The van der Waals surface area contributed by atoms with Crippen LogP contribution in [0.15, 0.2) is 42.5 Å². The molecular formula is C18H15N3O3. The summed E-state index contributed by atoms with van der Waals surface area (Å²) in [7, 11) is 1.46. The number of anilines is 1. The molecule has 1 amide bonds. The zero-order valence-electron chi connectivity index (χ0n) is 13.2. The van der Waals surface area contributed by atoms with Crippen LogP contribution in [0.1, 0.15) is 18.1 Å². The number of hydrogen-bond donors (Lipinski definition) is 1. The molecule has 0 aromatic heterocycles. The van der Waals surface area contributed by atoms with Crippen molar-refractivity contribution in [2.24, 2.45) is 0 Å². The number of rotatable bonds is 5. The van der Waals surface area contributed by atoms with Gasteiger partial charge in [0.1, 0.15) is 6.07 Å². The van der Waals surface area contributed by atoms with Crippen LogP contribution in [0, 0.1) is 22.7 Å². The van der Waals surface area contributed by atoms with Gasteiger partial charge in [0.25, 0.3) is 5.91 Å². The van der Waals surface area contributed by atoms with Crippen molar-refractivity contribution in [3.63, 3.8) is 0 Å². The fraction of sp³-hybridized carbons (Fsp3) is 0.167. The molecule has 0 spiro atoms. The topological polar surface area (TPSA) is 95.1 Å². The Morgan fingerprint density at radius 2 is 1.88 bits per heavy atom. The first-order valence-electron chi connectivity index (χ1n) is 7.13. The minimum atomic E-state index is -0.821. The Balaban J connectivity index is 2.12. The van der Waals surface area contributed by atoms with Gasteiger partial charge in [0.05, 0.1) is 30.0 Å². The Morgan fingerprint density at radius 1 is 1.12 bits per heavy atom. The number of nitrogens with zero attached hydrogens (tertiary/aromatic N) is 2. The van der Waals surface area contributed by atoms with E-state index in [4.69, 9.17) is 20.0 Å². The normalized spacial score (nSPS) is 10.8. The monoisotopic (exact) mass is 321 g/mol. The van der Waals surface area contributed by atoms with Crippen LogP contribution in [-0.2, 0) is 4.79 Å². The number of nitrogens with one attached hydrogen (secondary N) is 1. The van der Waals surface area contributed by atoms with Crippen molar-refractivity contribution in [2.75, 3.05) is 12.4 Å². The van der Waals surface area contributed by atoms with E-state index in [-0.39, 0.29) is 0 Å². The zero-order valence-corrected chi connectivity index (χ0v) is 13.2. The van der Waals surface area contributed by atoms with Gasteiger partial charge in [-0.2, -0.15) is 10.5 Å². The molecule has 0 aliphatic rings. The minimum absolute atomic E-state index is 0.354. The van der Waals surface area contributed by atoms with Gasteiger partial charge in [0.15, 0.2) is 17.6 Å². The number of carbonyl (C=O) groups is 1. The zero-order chi connectivity index (χ0) is 17.5. The molecule has 0 saturated heterocycles. The van der Waals surface area contributed by atoms with Crippen molar-refractivity contribution < 1.29 is 14.3 Å². The van der Waals surface area contributed by atoms with E-state index in [9.17, 15) is 4.79 Å². The molecule has 0 heterocycles. The largest absolute Gasteiger partial charge is 0.493 e. The van der Waals surface area contributed by atoms with Gasteiger partial charge in [-0.25, -0.2) is 0 Å². The van der Waals surface area contributed by atoms with Crippen LogP contribution in [0.2, 0.25) is 0 Å². The quantitative estimate of drug-likeness (QED) is 0.913. The molecule has 0 saturated carbocycles. The summed E-state index contributed by atoms with van der Waals surface area (Å²) in [6, 6.07) is 15.4. The number of methoxy groups -OCH3 is 1. The highest BCUT2D eigenvalue weighted by Crippen LogP contribution is 2.29. The van der Waals surface area contributed by atoms with Crippen LogP contribution in [-0.4, -0.2) is 19.1 Å². The summed E-state index contributed by atoms with van der Waals surface area (Å²) in [5, 5.41) is 20.6. The summed E-state index contributed by atoms with van der Waals surface area (Å²) in [5.74, 6) is 0.322. The molecule has 1 atom stereocenters. The Hall–Kier alpha value is -3.51. The van der Waals surface area contributed by atoms with Crippen molar-refractivity contribution >= 4 is 11.6 Å². The van der Waals surface area contributed by atoms with Gasteiger partial charge >= 0.3 is 0 Å². The highest BCUT2D eigenvalue weighted by molar-refractivity contribution is 5.95. The number of nitriles is 2. The molecule has 0 radical (unpaired) electrons. The molecule has 2 aromatic rings. The van der Waals surface area contributed by atoms with Crippen LogP contribution < -0.4 is 14.8 Å². The second-order valence-electron chi connectivity index (χ2n) is 4.88. The van der Waals surface area contributed by atoms with Gasteiger partial charge in [-0.3, -0.25) is 4.79 Å². The molecular weight excluding hydrogens is 306 g/mol. The van der Waals surface area contributed by atoms with Crippen molar-refractivity contribution in [2.45, 2.75) is 13.0 Å². The number of para-hydroxylation sites is 1. The summed E-state index contributed by atoms with van der Waals surface area (Å²) < 4.78 is 10.8. The molecule has 24 heavy (non-hydrogen) atoms. The number of amides is 1. The van der Waals surface area contributed by atoms with E-state index in [0.29, 0.717) is 28.3 Å². The lowest BCUT2D eigenvalue weighted by Gasteiger charge is -2.17. The molecule has 0 aliphatic carbocycles. The summed E-state index contributed by atoms with van der Waals surface area (Å²) in [4.78, 5) is 12.3. The highest BCUT2D eigenvalue weighted by atomic mass is 16.5. The Kier molecular flexibility index (Phi) is 5.38. The number of hydrogen-bond acceptors (Lipinski definition) is 5. The van der Waals surface area contributed by atoms with E-state index in [1.165, 1.54) is 13.2 Å². The Bertz CT molecular complexity index is 834. The SMILES string of the molecule is COc1cc(C#N)ccc1O[C@@H](C)C(=O)Nc1ccccc1C#N. The third kappa shape index (κ3) is 3.82. The summed E-state index contributed by atoms with van der Waals surface area (Å²) in [5.41, 5.74) is 1.22. The van der Waals surface area contributed by atoms with E-state index < -0.39 is 12.0 Å².